The summed E-state index contributed by atoms with van der Waals surface area (Å²) in [6.07, 6.45) is 7.13. The first-order chi connectivity index (χ1) is 7.81. The van der Waals surface area contributed by atoms with Gasteiger partial charge in [-0.25, -0.2) is 9.97 Å². The van der Waals surface area contributed by atoms with E-state index in [0.717, 1.165) is 24.6 Å². The normalized spacial score (nSPS) is 18.5. The number of nitrogens with zero attached hydrogens (tertiary/aromatic N) is 3. The van der Waals surface area contributed by atoms with Crippen LogP contribution in [0.5, 0.6) is 0 Å². The van der Waals surface area contributed by atoms with Crippen LogP contribution in [0.4, 0.5) is 5.95 Å². The zero-order chi connectivity index (χ0) is 11.4. The van der Waals surface area contributed by atoms with E-state index in [9.17, 15) is 0 Å². The molecule has 0 amide bonds. The number of anilines is 1. The number of nitrogens with two attached hydrogens (primary N) is 1. The summed E-state index contributed by atoms with van der Waals surface area (Å²) in [4.78, 5) is 10.8. The molecule has 16 heavy (non-hydrogen) atoms. The van der Waals surface area contributed by atoms with Crippen LogP contribution in [-0.2, 0) is 0 Å². The number of piperidine rings is 1. The van der Waals surface area contributed by atoms with E-state index in [1.165, 1.54) is 19.3 Å². The molecule has 0 radical (unpaired) electrons. The monoisotopic (exact) mass is 222 g/mol. The lowest BCUT2D eigenvalue weighted by Crippen LogP contribution is -2.31. The van der Waals surface area contributed by atoms with Crippen molar-refractivity contribution in [3.05, 3.63) is 18.0 Å². The van der Waals surface area contributed by atoms with E-state index in [0.29, 0.717) is 0 Å². The molecule has 1 atom stereocenters. The van der Waals surface area contributed by atoms with Gasteiger partial charge in [0.2, 0.25) is 5.95 Å². The summed E-state index contributed by atoms with van der Waals surface area (Å²) in [5.41, 5.74) is 6.46. The lowest BCUT2D eigenvalue weighted by molar-refractivity contribution is 0.267. The highest BCUT2D eigenvalue weighted by Crippen LogP contribution is 2.16. The zero-order valence-electron chi connectivity index (χ0n) is 9.34. The van der Waals surface area contributed by atoms with E-state index in [1.807, 2.05) is 0 Å². The molecule has 2 rings (SSSR count). The van der Waals surface area contributed by atoms with Gasteiger partial charge in [0.1, 0.15) is 0 Å². The minimum Gasteiger partial charge on any atom is -0.394 e. The van der Waals surface area contributed by atoms with Crippen LogP contribution >= 0.6 is 0 Å². The second-order valence-corrected chi connectivity index (χ2v) is 4.15. The van der Waals surface area contributed by atoms with Gasteiger partial charge in [-0.2, -0.15) is 0 Å². The van der Waals surface area contributed by atoms with Crippen LogP contribution in [0.25, 0.3) is 0 Å². The molecule has 0 aliphatic carbocycles. The molecule has 3 N–H and O–H groups in total. The molecular weight excluding hydrogens is 204 g/mol. The van der Waals surface area contributed by atoms with Crippen LogP contribution in [0.2, 0.25) is 0 Å². The Morgan fingerprint density at radius 3 is 2.44 bits per heavy atom. The van der Waals surface area contributed by atoms with Crippen LogP contribution in [-0.4, -0.2) is 34.8 Å². The SMILES string of the molecule is NC(CO)c1cnc(N2CCCCC2)nc1. The van der Waals surface area contributed by atoms with Crippen molar-refractivity contribution in [2.45, 2.75) is 25.3 Å². The highest BCUT2D eigenvalue weighted by molar-refractivity contribution is 5.30. The van der Waals surface area contributed by atoms with Gasteiger partial charge in [-0.3, -0.25) is 0 Å². The molecule has 2 heterocycles. The third kappa shape index (κ3) is 2.48. The van der Waals surface area contributed by atoms with Crippen molar-refractivity contribution in [2.75, 3.05) is 24.6 Å². The maximum Gasteiger partial charge on any atom is 0.225 e. The molecule has 0 saturated carbocycles. The lowest BCUT2D eigenvalue weighted by Gasteiger charge is -2.26. The molecule has 1 aliphatic rings. The molecule has 0 spiro atoms. The van der Waals surface area contributed by atoms with Gasteiger partial charge in [0, 0.05) is 31.0 Å². The van der Waals surface area contributed by atoms with Gasteiger partial charge >= 0.3 is 0 Å². The van der Waals surface area contributed by atoms with E-state index in [4.69, 9.17) is 10.8 Å². The molecule has 1 aromatic rings. The van der Waals surface area contributed by atoms with Crippen LogP contribution in [0.1, 0.15) is 30.9 Å². The number of aliphatic hydroxyl groups is 1. The van der Waals surface area contributed by atoms with E-state index < -0.39 is 0 Å². The number of rotatable bonds is 3. The summed E-state index contributed by atoms with van der Waals surface area (Å²) in [6, 6.07) is -0.379. The van der Waals surface area contributed by atoms with Gasteiger partial charge in [0.15, 0.2) is 0 Å². The summed E-state index contributed by atoms with van der Waals surface area (Å²) in [5.74, 6) is 0.772. The number of aromatic nitrogens is 2. The molecule has 0 aromatic carbocycles. The summed E-state index contributed by atoms with van der Waals surface area (Å²) in [6.45, 7) is 1.99. The van der Waals surface area contributed by atoms with Gasteiger partial charge in [-0.1, -0.05) is 0 Å². The van der Waals surface area contributed by atoms with E-state index in [-0.39, 0.29) is 12.6 Å². The summed E-state index contributed by atoms with van der Waals surface area (Å²) >= 11 is 0. The van der Waals surface area contributed by atoms with Gasteiger partial charge in [-0.05, 0) is 19.3 Å². The Labute approximate surface area is 95.3 Å². The highest BCUT2D eigenvalue weighted by Gasteiger charge is 2.13. The van der Waals surface area contributed by atoms with Gasteiger partial charge in [0.05, 0.1) is 12.6 Å². The van der Waals surface area contributed by atoms with Crippen molar-refractivity contribution in [3.8, 4) is 0 Å². The average Bonchev–Trinajstić information content (AvgIpc) is 2.39. The molecule has 1 unspecified atom stereocenters. The molecular formula is C11H18N4O. The van der Waals surface area contributed by atoms with Crippen LogP contribution in [0.3, 0.4) is 0 Å². The average molecular weight is 222 g/mol. The quantitative estimate of drug-likeness (QED) is 0.777. The second-order valence-electron chi connectivity index (χ2n) is 4.15. The Kier molecular flexibility index (Phi) is 3.69. The Morgan fingerprint density at radius 2 is 1.88 bits per heavy atom. The van der Waals surface area contributed by atoms with Crippen molar-refractivity contribution < 1.29 is 5.11 Å². The lowest BCUT2D eigenvalue weighted by atomic mass is 10.1. The largest absolute Gasteiger partial charge is 0.394 e. The number of hydrogen-bond acceptors (Lipinski definition) is 5. The van der Waals surface area contributed by atoms with Crippen LogP contribution in [0.15, 0.2) is 12.4 Å². The van der Waals surface area contributed by atoms with E-state index in [2.05, 4.69) is 14.9 Å². The molecule has 1 saturated heterocycles. The molecule has 0 bridgehead atoms. The summed E-state index contributed by atoms with van der Waals surface area (Å²) in [7, 11) is 0. The standard InChI is InChI=1S/C11H18N4O/c12-10(8-16)9-6-13-11(14-7-9)15-4-2-1-3-5-15/h6-7,10,16H,1-5,8,12H2. The number of hydrogen-bond donors (Lipinski definition) is 2. The van der Waals surface area contributed by atoms with Crippen molar-refractivity contribution in [2.24, 2.45) is 5.73 Å². The van der Waals surface area contributed by atoms with Gasteiger partial charge < -0.3 is 15.7 Å². The zero-order valence-corrected chi connectivity index (χ0v) is 9.34. The number of aliphatic hydroxyl groups excluding tert-OH is 1. The maximum atomic E-state index is 8.92. The third-order valence-corrected chi connectivity index (χ3v) is 2.92. The second kappa shape index (κ2) is 5.23. The maximum absolute atomic E-state index is 8.92. The van der Waals surface area contributed by atoms with E-state index >= 15 is 0 Å². The predicted octanol–water partition coefficient (Wildman–Crippen LogP) is 0.459. The van der Waals surface area contributed by atoms with Crippen molar-refractivity contribution in [3.63, 3.8) is 0 Å². The first kappa shape index (κ1) is 11.3. The molecule has 5 nitrogen and oxygen atoms in total. The molecule has 5 heteroatoms. The Morgan fingerprint density at radius 1 is 1.25 bits per heavy atom. The molecule has 1 aliphatic heterocycles. The smallest absolute Gasteiger partial charge is 0.225 e. The minimum atomic E-state index is -0.379. The molecule has 1 fully saturated rings. The fourth-order valence-electron chi connectivity index (χ4n) is 1.89. The van der Waals surface area contributed by atoms with Crippen molar-refractivity contribution in [1.29, 1.82) is 0 Å². The van der Waals surface area contributed by atoms with Gasteiger partial charge in [-0.15, -0.1) is 0 Å². The third-order valence-electron chi connectivity index (χ3n) is 2.92. The highest BCUT2D eigenvalue weighted by atomic mass is 16.3. The molecule has 1 aromatic heterocycles. The van der Waals surface area contributed by atoms with Gasteiger partial charge in [0.25, 0.3) is 0 Å². The fraction of sp³-hybridized carbons (Fsp3) is 0.636. The Bertz CT molecular complexity index is 321. The first-order valence-electron chi connectivity index (χ1n) is 5.74. The topological polar surface area (TPSA) is 75.3 Å². The van der Waals surface area contributed by atoms with Crippen molar-refractivity contribution in [1.82, 2.24) is 9.97 Å². The van der Waals surface area contributed by atoms with E-state index in [1.54, 1.807) is 12.4 Å². The predicted molar refractivity (Wildman–Crippen MR) is 62.1 cm³/mol. The Hall–Kier alpha value is -1.20. The molecule has 88 valence electrons. The minimum absolute atomic E-state index is 0.0770. The first-order valence-corrected chi connectivity index (χ1v) is 5.74. The van der Waals surface area contributed by atoms with Crippen molar-refractivity contribution >= 4 is 5.95 Å². The summed E-state index contributed by atoms with van der Waals surface area (Å²) < 4.78 is 0. The fourth-order valence-corrected chi connectivity index (χ4v) is 1.89. The van der Waals surface area contributed by atoms with Crippen LogP contribution in [0, 0.1) is 0 Å². The Balaban J connectivity index is 2.06. The summed E-state index contributed by atoms with van der Waals surface area (Å²) in [5, 5.41) is 8.92. The van der Waals surface area contributed by atoms with Crippen LogP contribution < -0.4 is 10.6 Å².